The Balaban J connectivity index is 0.000000532. The zero-order valence-corrected chi connectivity index (χ0v) is 19.4. The molecule has 3 nitrogen and oxygen atoms in total. The second-order valence-corrected chi connectivity index (χ2v) is 7.32. The molecule has 0 aliphatic carbocycles. The topological polar surface area (TPSA) is 27.7 Å². The van der Waals surface area contributed by atoms with Crippen LogP contribution >= 0.6 is 0 Å². The Labute approximate surface area is 179 Å². The standard InChI is InChI=1S/C14H22O3.C7H8.C5H12/c1-3-13(2)16-11-9-15-10-12-17-14-7-5-4-6-8-14;1-7-5-3-2-4-6-7;1-4-5(2)3/h4-8,13H,3,9-12H2,1-2H3;2-6H,1H3;5H,4H2,1-3H3. The summed E-state index contributed by atoms with van der Waals surface area (Å²) in [4.78, 5) is 0. The van der Waals surface area contributed by atoms with Crippen molar-refractivity contribution in [1.29, 1.82) is 0 Å². The average molecular weight is 403 g/mol. The van der Waals surface area contributed by atoms with Gasteiger partial charge in [0.2, 0.25) is 0 Å². The molecule has 0 fully saturated rings. The van der Waals surface area contributed by atoms with Crippen LogP contribution in [0.25, 0.3) is 0 Å². The quantitative estimate of drug-likeness (QED) is 0.403. The van der Waals surface area contributed by atoms with Crippen LogP contribution < -0.4 is 4.74 Å². The predicted molar refractivity (Wildman–Crippen MR) is 125 cm³/mol. The van der Waals surface area contributed by atoms with E-state index in [1.807, 2.05) is 48.5 Å². The molecule has 0 spiro atoms. The van der Waals surface area contributed by atoms with Crippen molar-refractivity contribution in [2.24, 2.45) is 5.92 Å². The van der Waals surface area contributed by atoms with Crippen LogP contribution in [0.5, 0.6) is 5.75 Å². The number of ether oxygens (including phenoxy) is 3. The zero-order chi connectivity index (χ0) is 21.7. The van der Waals surface area contributed by atoms with Crippen LogP contribution in [-0.2, 0) is 9.47 Å². The first-order valence-corrected chi connectivity index (χ1v) is 10.9. The van der Waals surface area contributed by atoms with Gasteiger partial charge in [0.15, 0.2) is 0 Å². The smallest absolute Gasteiger partial charge is 0.119 e. The van der Waals surface area contributed by atoms with Gasteiger partial charge in [0.05, 0.1) is 25.9 Å². The number of para-hydroxylation sites is 1. The molecular weight excluding hydrogens is 360 g/mol. The summed E-state index contributed by atoms with van der Waals surface area (Å²) in [5.74, 6) is 1.77. The minimum Gasteiger partial charge on any atom is -0.491 e. The Bertz CT molecular complexity index is 555. The van der Waals surface area contributed by atoms with E-state index in [9.17, 15) is 0 Å². The Morgan fingerprint density at radius 1 is 0.690 bits per heavy atom. The summed E-state index contributed by atoms with van der Waals surface area (Å²) in [5.41, 5.74) is 1.32. The van der Waals surface area contributed by atoms with Gasteiger partial charge in [0.25, 0.3) is 0 Å². The van der Waals surface area contributed by atoms with E-state index in [4.69, 9.17) is 14.2 Å². The normalized spacial score (nSPS) is 11.0. The first-order valence-electron chi connectivity index (χ1n) is 10.9. The van der Waals surface area contributed by atoms with Crippen molar-refractivity contribution in [1.82, 2.24) is 0 Å². The summed E-state index contributed by atoms with van der Waals surface area (Å²) in [6, 6.07) is 20.0. The molecule has 0 aliphatic heterocycles. The molecule has 2 aromatic rings. The lowest BCUT2D eigenvalue weighted by molar-refractivity contribution is 0.00499. The highest BCUT2D eigenvalue weighted by Gasteiger charge is 1.97. The number of benzene rings is 2. The summed E-state index contributed by atoms with van der Waals surface area (Å²) in [6.07, 6.45) is 2.66. The molecule has 1 unspecified atom stereocenters. The molecule has 0 bridgehead atoms. The van der Waals surface area contributed by atoms with Crippen LogP contribution in [0.15, 0.2) is 60.7 Å². The molecule has 0 amide bonds. The maximum Gasteiger partial charge on any atom is 0.119 e. The van der Waals surface area contributed by atoms with Crippen LogP contribution in [-0.4, -0.2) is 32.5 Å². The fraction of sp³-hybridized carbons (Fsp3) is 0.538. The molecule has 0 saturated carbocycles. The Kier molecular flexibility index (Phi) is 18.2. The largest absolute Gasteiger partial charge is 0.491 e. The maximum absolute atomic E-state index is 5.49. The molecule has 0 N–H and O–H groups in total. The lowest BCUT2D eigenvalue weighted by atomic mass is 10.2. The number of rotatable bonds is 10. The molecule has 0 radical (unpaired) electrons. The van der Waals surface area contributed by atoms with Crippen molar-refractivity contribution in [3.8, 4) is 5.75 Å². The molecule has 2 aromatic carbocycles. The second-order valence-electron chi connectivity index (χ2n) is 7.32. The maximum atomic E-state index is 5.49. The van der Waals surface area contributed by atoms with Crippen LogP contribution in [0.3, 0.4) is 0 Å². The van der Waals surface area contributed by atoms with E-state index in [0.717, 1.165) is 18.1 Å². The Hall–Kier alpha value is -1.84. The fourth-order valence-electron chi connectivity index (χ4n) is 1.80. The molecule has 0 heterocycles. The van der Waals surface area contributed by atoms with E-state index < -0.39 is 0 Å². The number of aryl methyl sites for hydroxylation is 1. The molecule has 29 heavy (non-hydrogen) atoms. The number of hydrogen-bond acceptors (Lipinski definition) is 3. The van der Waals surface area contributed by atoms with Gasteiger partial charge in [-0.05, 0) is 38.3 Å². The van der Waals surface area contributed by atoms with Gasteiger partial charge in [-0.25, -0.2) is 0 Å². The van der Waals surface area contributed by atoms with Gasteiger partial charge in [-0.2, -0.15) is 0 Å². The van der Waals surface area contributed by atoms with Crippen LogP contribution in [0.4, 0.5) is 0 Å². The molecule has 3 heteroatoms. The highest BCUT2D eigenvalue weighted by molar-refractivity contribution is 5.20. The van der Waals surface area contributed by atoms with E-state index in [-0.39, 0.29) is 0 Å². The monoisotopic (exact) mass is 402 g/mol. The van der Waals surface area contributed by atoms with Gasteiger partial charge in [-0.15, -0.1) is 0 Å². The first kappa shape index (κ1) is 27.2. The Morgan fingerprint density at radius 3 is 1.66 bits per heavy atom. The summed E-state index contributed by atoms with van der Waals surface area (Å²) >= 11 is 0. The molecule has 164 valence electrons. The van der Waals surface area contributed by atoms with E-state index in [0.29, 0.717) is 32.5 Å². The van der Waals surface area contributed by atoms with Gasteiger partial charge >= 0.3 is 0 Å². The summed E-state index contributed by atoms with van der Waals surface area (Å²) in [7, 11) is 0. The van der Waals surface area contributed by atoms with E-state index in [1.165, 1.54) is 12.0 Å². The van der Waals surface area contributed by atoms with E-state index >= 15 is 0 Å². The molecule has 0 aliphatic rings. The van der Waals surface area contributed by atoms with Gasteiger partial charge < -0.3 is 14.2 Å². The summed E-state index contributed by atoms with van der Waals surface area (Å²) < 4.78 is 16.4. The molecule has 0 aromatic heterocycles. The van der Waals surface area contributed by atoms with Crippen LogP contribution in [0.2, 0.25) is 0 Å². The lowest BCUT2D eigenvalue weighted by Gasteiger charge is -2.11. The second kappa shape index (κ2) is 19.5. The Morgan fingerprint density at radius 2 is 1.21 bits per heavy atom. The molecular formula is C26H42O3. The van der Waals surface area contributed by atoms with Gasteiger partial charge in [0, 0.05) is 0 Å². The lowest BCUT2D eigenvalue weighted by Crippen LogP contribution is -2.14. The van der Waals surface area contributed by atoms with Gasteiger partial charge in [-0.1, -0.05) is 88.2 Å². The van der Waals surface area contributed by atoms with E-state index in [2.05, 4.69) is 53.7 Å². The molecule has 0 saturated heterocycles. The summed E-state index contributed by atoms with van der Waals surface area (Å²) in [6.45, 7) is 15.4. The van der Waals surface area contributed by atoms with Crippen molar-refractivity contribution in [2.75, 3.05) is 26.4 Å². The predicted octanol–water partition coefficient (Wildman–Crippen LogP) is 6.94. The van der Waals surface area contributed by atoms with Gasteiger partial charge in [0.1, 0.15) is 12.4 Å². The third kappa shape index (κ3) is 19.3. The van der Waals surface area contributed by atoms with Crippen LogP contribution in [0.1, 0.15) is 53.0 Å². The average Bonchev–Trinajstić information content (AvgIpc) is 2.75. The fourth-order valence-corrected chi connectivity index (χ4v) is 1.80. The number of hydrogen-bond donors (Lipinski definition) is 0. The van der Waals surface area contributed by atoms with Crippen LogP contribution in [0, 0.1) is 12.8 Å². The minimum atomic E-state index is 0.319. The van der Waals surface area contributed by atoms with Gasteiger partial charge in [-0.3, -0.25) is 0 Å². The van der Waals surface area contributed by atoms with Crippen molar-refractivity contribution in [3.05, 3.63) is 66.2 Å². The molecule has 1 atom stereocenters. The summed E-state index contributed by atoms with van der Waals surface area (Å²) in [5, 5.41) is 0. The zero-order valence-electron chi connectivity index (χ0n) is 19.4. The highest BCUT2D eigenvalue weighted by atomic mass is 16.5. The van der Waals surface area contributed by atoms with Crippen molar-refractivity contribution >= 4 is 0 Å². The van der Waals surface area contributed by atoms with Crippen molar-refractivity contribution in [3.63, 3.8) is 0 Å². The highest BCUT2D eigenvalue weighted by Crippen LogP contribution is 2.07. The third-order valence-corrected chi connectivity index (χ3v) is 4.20. The van der Waals surface area contributed by atoms with Crippen molar-refractivity contribution in [2.45, 2.75) is 60.5 Å². The van der Waals surface area contributed by atoms with E-state index in [1.54, 1.807) is 0 Å². The van der Waals surface area contributed by atoms with Crippen molar-refractivity contribution < 1.29 is 14.2 Å². The third-order valence-electron chi connectivity index (χ3n) is 4.20. The SMILES string of the molecule is CCC(C)C.CCC(C)OCCOCCOc1ccccc1.Cc1ccccc1. The minimum absolute atomic E-state index is 0.319. The first-order chi connectivity index (χ1) is 14.0. The molecule has 2 rings (SSSR count).